The summed E-state index contributed by atoms with van der Waals surface area (Å²) in [5.41, 5.74) is 3.14. The van der Waals surface area contributed by atoms with Crippen molar-refractivity contribution in [2.75, 3.05) is 26.8 Å². The van der Waals surface area contributed by atoms with E-state index in [-0.39, 0.29) is 12.0 Å². The largest absolute Gasteiger partial charge is 0.497 e. The molecule has 0 spiro atoms. The van der Waals surface area contributed by atoms with Gasteiger partial charge in [-0.1, -0.05) is 13.0 Å². The molecular formula is C23H35NO3. The molecule has 4 atom stereocenters. The highest BCUT2D eigenvalue weighted by Crippen LogP contribution is 2.52. The molecule has 2 fully saturated rings. The first-order valence-corrected chi connectivity index (χ1v) is 10.8. The van der Waals surface area contributed by atoms with E-state index in [1.807, 2.05) is 0 Å². The number of benzene rings is 1. The fraction of sp³-hybridized carbons (Fsp3) is 0.739. The van der Waals surface area contributed by atoms with Gasteiger partial charge in [0.2, 0.25) is 0 Å². The van der Waals surface area contributed by atoms with Gasteiger partial charge in [0.1, 0.15) is 5.75 Å². The maximum absolute atomic E-state index is 9.82. The fourth-order valence-electron chi connectivity index (χ4n) is 5.75. The Morgan fingerprint density at radius 2 is 2.15 bits per heavy atom. The molecule has 4 rings (SSSR count). The number of aliphatic hydroxyl groups is 2. The Kier molecular flexibility index (Phi) is 5.50. The lowest BCUT2D eigenvalue weighted by molar-refractivity contribution is 0.0115. The molecular weight excluding hydrogens is 338 g/mol. The predicted molar refractivity (Wildman–Crippen MR) is 107 cm³/mol. The second-order valence-corrected chi connectivity index (χ2v) is 9.16. The van der Waals surface area contributed by atoms with Crippen LogP contribution >= 0.6 is 0 Å². The number of aliphatic hydroxyl groups excluding tert-OH is 2. The maximum atomic E-state index is 9.82. The van der Waals surface area contributed by atoms with Crippen LogP contribution < -0.4 is 4.74 Å². The monoisotopic (exact) mass is 373 g/mol. The molecule has 1 aromatic carbocycles. The number of nitrogens with zero attached hydrogens (tertiary/aromatic N) is 1. The summed E-state index contributed by atoms with van der Waals surface area (Å²) in [5.74, 6) is 2.49. The van der Waals surface area contributed by atoms with Crippen molar-refractivity contribution >= 4 is 0 Å². The Hall–Kier alpha value is -1.10. The highest BCUT2D eigenvalue weighted by atomic mass is 16.5. The number of hydrogen-bond donors (Lipinski definition) is 2. The third kappa shape index (κ3) is 3.64. The Morgan fingerprint density at radius 3 is 2.85 bits per heavy atom. The molecule has 1 heterocycles. The number of fused-ring (bicyclic) bond motifs is 4. The van der Waals surface area contributed by atoms with Crippen LogP contribution in [0.25, 0.3) is 0 Å². The van der Waals surface area contributed by atoms with E-state index in [1.165, 1.54) is 43.5 Å². The van der Waals surface area contributed by atoms with E-state index >= 15 is 0 Å². The lowest BCUT2D eigenvalue weighted by atomic mass is 9.56. The van der Waals surface area contributed by atoms with Crippen LogP contribution in [0.3, 0.4) is 0 Å². The smallest absolute Gasteiger partial charge is 0.119 e. The van der Waals surface area contributed by atoms with Gasteiger partial charge in [0.25, 0.3) is 0 Å². The van der Waals surface area contributed by atoms with Gasteiger partial charge in [0, 0.05) is 18.0 Å². The van der Waals surface area contributed by atoms with Crippen LogP contribution in [0, 0.1) is 11.8 Å². The topological polar surface area (TPSA) is 52.9 Å². The minimum absolute atomic E-state index is 0.134. The molecule has 0 radical (unpaired) electrons. The van der Waals surface area contributed by atoms with Crippen molar-refractivity contribution < 1.29 is 14.9 Å². The maximum Gasteiger partial charge on any atom is 0.119 e. The third-order valence-corrected chi connectivity index (χ3v) is 7.61. The quantitative estimate of drug-likeness (QED) is 0.735. The zero-order valence-electron chi connectivity index (χ0n) is 16.9. The zero-order chi connectivity index (χ0) is 19.0. The van der Waals surface area contributed by atoms with E-state index in [4.69, 9.17) is 4.74 Å². The van der Waals surface area contributed by atoms with E-state index in [0.29, 0.717) is 18.4 Å². The fourth-order valence-corrected chi connectivity index (χ4v) is 5.75. The molecule has 2 aliphatic carbocycles. The molecule has 1 aliphatic heterocycles. The van der Waals surface area contributed by atoms with Crippen LogP contribution in [0.5, 0.6) is 5.75 Å². The first-order chi connectivity index (χ1) is 13.1. The minimum Gasteiger partial charge on any atom is -0.497 e. The third-order valence-electron chi connectivity index (χ3n) is 7.61. The average Bonchev–Trinajstić information content (AvgIpc) is 3.49. The van der Waals surface area contributed by atoms with Crippen molar-refractivity contribution in [2.45, 2.75) is 69.4 Å². The molecule has 2 bridgehead atoms. The highest BCUT2D eigenvalue weighted by Gasteiger charge is 2.51. The Bertz CT molecular complexity index is 659. The van der Waals surface area contributed by atoms with Crippen molar-refractivity contribution in [1.29, 1.82) is 0 Å². The first-order valence-electron chi connectivity index (χ1n) is 10.8. The molecule has 1 unspecified atom stereocenters. The SMILES string of the molecule is COc1ccc2c(c1)[C@@]1(CCC[C@@H](O)CO)CCN(CC3CC3)C(C2)[C@@H]1C. The number of hydrogen-bond acceptors (Lipinski definition) is 4. The number of ether oxygens (including phenoxy) is 1. The molecule has 1 saturated heterocycles. The molecule has 27 heavy (non-hydrogen) atoms. The van der Waals surface area contributed by atoms with Gasteiger partial charge in [-0.3, -0.25) is 4.90 Å². The van der Waals surface area contributed by atoms with Crippen molar-refractivity contribution in [2.24, 2.45) is 11.8 Å². The van der Waals surface area contributed by atoms with Gasteiger partial charge < -0.3 is 14.9 Å². The van der Waals surface area contributed by atoms with Gasteiger partial charge in [-0.05, 0) is 86.6 Å². The number of piperidine rings is 1. The molecule has 0 aromatic heterocycles. The molecule has 1 aromatic rings. The van der Waals surface area contributed by atoms with E-state index in [9.17, 15) is 10.2 Å². The van der Waals surface area contributed by atoms with Crippen LogP contribution in [0.2, 0.25) is 0 Å². The van der Waals surface area contributed by atoms with E-state index in [0.717, 1.165) is 30.9 Å². The molecule has 3 aliphatic rings. The summed E-state index contributed by atoms with van der Waals surface area (Å²) in [5, 5.41) is 19.0. The Morgan fingerprint density at radius 1 is 1.33 bits per heavy atom. The van der Waals surface area contributed by atoms with Crippen LogP contribution in [0.1, 0.15) is 56.6 Å². The summed E-state index contributed by atoms with van der Waals surface area (Å²) in [6, 6.07) is 7.30. The van der Waals surface area contributed by atoms with Crippen molar-refractivity contribution in [3.8, 4) is 5.75 Å². The molecule has 2 N–H and O–H groups in total. The summed E-state index contributed by atoms with van der Waals surface area (Å²) >= 11 is 0. The Labute approximate surface area is 163 Å². The van der Waals surface area contributed by atoms with Gasteiger partial charge in [0.05, 0.1) is 19.8 Å². The van der Waals surface area contributed by atoms with Gasteiger partial charge >= 0.3 is 0 Å². The lowest BCUT2D eigenvalue weighted by Crippen LogP contribution is -2.59. The van der Waals surface area contributed by atoms with Crippen LogP contribution in [0.15, 0.2) is 18.2 Å². The standard InChI is InChI=1S/C23H35NO3/c1-16-22-12-18-7-8-20(27-2)13-21(18)23(16,9-3-4-19(26)15-25)10-11-24(22)14-17-5-6-17/h7-8,13,16-17,19,22,25-26H,3-6,9-12,14-15H2,1-2H3/t16-,19+,22?,23-/m0/s1. The van der Waals surface area contributed by atoms with Gasteiger partial charge in [-0.15, -0.1) is 0 Å². The van der Waals surface area contributed by atoms with Crippen molar-refractivity contribution in [3.05, 3.63) is 29.3 Å². The second-order valence-electron chi connectivity index (χ2n) is 9.16. The van der Waals surface area contributed by atoms with Gasteiger partial charge in [-0.2, -0.15) is 0 Å². The molecule has 0 amide bonds. The highest BCUT2D eigenvalue weighted by molar-refractivity contribution is 5.45. The number of methoxy groups -OCH3 is 1. The summed E-state index contributed by atoms with van der Waals surface area (Å²) < 4.78 is 5.56. The molecule has 4 heteroatoms. The molecule has 4 nitrogen and oxygen atoms in total. The van der Waals surface area contributed by atoms with Crippen LogP contribution in [-0.4, -0.2) is 54.1 Å². The van der Waals surface area contributed by atoms with E-state index < -0.39 is 6.10 Å². The van der Waals surface area contributed by atoms with Crippen molar-refractivity contribution in [1.82, 2.24) is 4.90 Å². The summed E-state index contributed by atoms with van der Waals surface area (Å²) in [6.07, 6.45) is 7.29. The summed E-state index contributed by atoms with van der Waals surface area (Å²) in [4.78, 5) is 2.77. The average molecular weight is 374 g/mol. The van der Waals surface area contributed by atoms with E-state index in [2.05, 4.69) is 30.0 Å². The zero-order valence-corrected chi connectivity index (χ0v) is 16.9. The summed E-state index contributed by atoms with van der Waals surface area (Å²) in [6.45, 7) is 4.78. The van der Waals surface area contributed by atoms with Gasteiger partial charge in [0.15, 0.2) is 0 Å². The predicted octanol–water partition coefficient (Wildman–Crippen LogP) is 3.13. The van der Waals surface area contributed by atoms with Gasteiger partial charge in [-0.25, -0.2) is 0 Å². The lowest BCUT2D eigenvalue weighted by Gasteiger charge is -2.56. The molecule has 150 valence electrons. The first kappa shape index (κ1) is 19.2. The Balaban J connectivity index is 1.63. The summed E-state index contributed by atoms with van der Waals surface area (Å²) in [7, 11) is 1.75. The number of rotatable bonds is 8. The van der Waals surface area contributed by atoms with Crippen molar-refractivity contribution in [3.63, 3.8) is 0 Å². The minimum atomic E-state index is -0.587. The second kappa shape index (κ2) is 7.73. The normalized spacial score (nSPS) is 31.4. The molecule has 1 saturated carbocycles. The number of likely N-dealkylation sites (tertiary alicyclic amines) is 1. The van der Waals surface area contributed by atoms with Crippen LogP contribution in [-0.2, 0) is 11.8 Å². The van der Waals surface area contributed by atoms with E-state index in [1.54, 1.807) is 7.11 Å². The van der Waals surface area contributed by atoms with Crippen LogP contribution in [0.4, 0.5) is 0 Å².